The third-order valence-electron chi connectivity index (χ3n) is 4.26. The average molecular weight is 394 g/mol. The highest BCUT2D eigenvalue weighted by atomic mass is 32.1. The lowest BCUT2D eigenvalue weighted by atomic mass is 10.2. The van der Waals surface area contributed by atoms with Gasteiger partial charge in [-0.3, -0.25) is 9.36 Å². The first kappa shape index (κ1) is 21.1. The van der Waals surface area contributed by atoms with E-state index in [1.807, 2.05) is 27.7 Å². The molecule has 0 aliphatic rings. The zero-order valence-corrected chi connectivity index (χ0v) is 17.4. The summed E-state index contributed by atoms with van der Waals surface area (Å²) in [4.78, 5) is 42.6. The van der Waals surface area contributed by atoms with E-state index in [9.17, 15) is 14.4 Å². The summed E-state index contributed by atoms with van der Waals surface area (Å²) in [5.74, 6) is -0.742. The fourth-order valence-corrected chi connectivity index (χ4v) is 3.43. The molecule has 2 unspecified atom stereocenters. The molecular weight excluding hydrogens is 368 g/mol. The summed E-state index contributed by atoms with van der Waals surface area (Å²) >= 11 is 1.13. The summed E-state index contributed by atoms with van der Waals surface area (Å²) in [5.41, 5.74) is 0.156. The monoisotopic (exact) mass is 394 g/mol. The van der Waals surface area contributed by atoms with Crippen LogP contribution in [0.3, 0.4) is 0 Å². The van der Waals surface area contributed by atoms with Gasteiger partial charge in [0.15, 0.2) is 0 Å². The van der Waals surface area contributed by atoms with Gasteiger partial charge in [0, 0.05) is 0 Å². The van der Waals surface area contributed by atoms with Gasteiger partial charge >= 0.3 is 11.9 Å². The van der Waals surface area contributed by atoms with Crippen LogP contribution in [0.2, 0.25) is 0 Å². The molecule has 2 atom stereocenters. The van der Waals surface area contributed by atoms with Crippen LogP contribution < -0.4 is 5.56 Å². The molecule has 2 aromatic heterocycles. The molecule has 7 nitrogen and oxygen atoms in total. The summed E-state index contributed by atoms with van der Waals surface area (Å²) in [6.07, 6.45) is 1.82. The Balaban J connectivity index is 2.39. The first-order valence-electron chi connectivity index (χ1n) is 9.05. The number of aromatic nitrogens is 2. The number of hydrogen-bond acceptors (Lipinski definition) is 7. The molecule has 0 saturated heterocycles. The summed E-state index contributed by atoms with van der Waals surface area (Å²) in [6.45, 7) is 11.2. The van der Waals surface area contributed by atoms with Crippen LogP contribution in [0, 0.1) is 12.8 Å². The van der Waals surface area contributed by atoms with Crippen LogP contribution in [0.5, 0.6) is 0 Å². The van der Waals surface area contributed by atoms with E-state index in [1.54, 1.807) is 13.8 Å². The van der Waals surface area contributed by atoms with E-state index in [-0.39, 0.29) is 24.2 Å². The maximum absolute atomic E-state index is 12.9. The van der Waals surface area contributed by atoms with Gasteiger partial charge < -0.3 is 9.47 Å². The van der Waals surface area contributed by atoms with Crippen molar-refractivity contribution < 1.29 is 19.1 Å². The number of carbonyl (C=O) groups is 2. The fourth-order valence-electron chi connectivity index (χ4n) is 2.41. The number of ether oxygens (including phenoxy) is 2. The van der Waals surface area contributed by atoms with Crippen molar-refractivity contribution in [3.63, 3.8) is 0 Å². The minimum Gasteiger partial charge on any atom is -0.464 e. The minimum absolute atomic E-state index is 0.205. The van der Waals surface area contributed by atoms with Crippen LogP contribution in [-0.4, -0.2) is 34.2 Å². The molecule has 0 aliphatic heterocycles. The molecule has 0 aliphatic carbocycles. The van der Waals surface area contributed by atoms with Gasteiger partial charge in [-0.2, -0.15) is 0 Å². The van der Waals surface area contributed by atoms with E-state index in [0.717, 1.165) is 11.3 Å². The molecule has 8 heteroatoms. The maximum atomic E-state index is 12.9. The number of rotatable bonds is 7. The molecule has 0 N–H and O–H groups in total. The van der Waals surface area contributed by atoms with Gasteiger partial charge in [-0.25, -0.2) is 14.6 Å². The Labute approximate surface area is 162 Å². The van der Waals surface area contributed by atoms with Gasteiger partial charge in [0.1, 0.15) is 15.7 Å². The number of hydrogen-bond donors (Lipinski definition) is 0. The second-order valence-electron chi connectivity index (χ2n) is 7.02. The summed E-state index contributed by atoms with van der Waals surface area (Å²) in [7, 11) is 0. The zero-order chi connectivity index (χ0) is 20.3. The Hall–Kier alpha value is -2.22. The largest absolute Gasteiger partial charge is 0.464 e. The lowest BCUT2D eigenvalue weighted by Crippen LogP contribution is -2.30. The highest BCUT2D eigenvalue weighted by Gasteiger charge is 2.24. The molecule has 0 fully saturated rings. The van der Waals surface area contributed by atoms with Gasteiger partial charge in [0.05, 0.1) is 24.4 Å². The minimum atomic E-state index is -0.803. The van der Waals surface area contributed by atoms with Crippen molar-refractivity contribution in [2.45, 2.75) is 60.1 Å². The van der Waals surface area contributed by atoms with Crippen molar-refractivity contribution in [3.05, 3.63) is 27.1 Å². The second kappa shape index (κ2) is 8.65. The van der Waals surface area contributed by atoms with Gasteiger partial charge in [0.2, 0.25) is 0 Å². The highest BCUT2D eigenvalue weighted by Crippen LogP contribution is 2.28. The number of thiophene rings is 1. The van der Waals surface area contributed by atoms with Gasteiger partial charge in [-0.15, -0.1) is 11.3 Å². The molecule has 148 valence electrons. The molecule has 0 radical (unpaired) electrons. The Kier molecular flexibility index (Phi) is 6.75. The van der Waals surface area contributed by atoms with Crippen LogP contribution in [0.4, 0.5) is 0 Å². The number of esters is 2. The van der Waals surface area contributed by atoms with Crippen molar-refractivity contribution in [1.82, 2.24) is 9.55 Å². The van der Waals surface area contributed by atoms with E-state index >= 15 is 0 Å². The van der Waals surface area contributed by atoms with Gasteiger partial charge in [-0.1, -0.05) is 20.8 Å². The van der Waals surface area contributed by atoms with Gasteiger partial charge in [-0.05, 0) is 38.7 Å². The van der Waals surface area contributed by atoms with Crippen molar-refractivity contribution in [3.8, 4) is 0 Å². The van der Waals surface area contributed by atoms with Crippen LogP contribution in [-0.2, 0) is 14.3 Å². The SMILES string of the molecule is CCC(C)OC(=O)c1sc2ncn(C(C)C(=O)OCC(C)C)c(=O)c2c1C. The number of carbonyl (C=O) groups excluding carboxylic acids is 2. The molecule has 2 heterocycles. The van der Waals surface area contributed by atoms with Crippen LogP contribution in [0.25, 0.3) is 10.2 Å². The standard InChI is InChI=1S/C19H26N2O5S/c1-7-11(4)26-19(24)15-12(5)14-16(27-15)20-9-21(17(14)22)13(6)18(23)25-8-10(2)3/h9-11,13H,7-8H2,1-6H3. The highest BCUT2D eigenvalue weighted by molar-refractivity contribution is 7.20. The van der Waals surface area contributed by atoms with E-state index in [2.05, 4.69) is 4.98 Å². The quantitative estimate of drug-likeness (QED) is 0.668. The van der Waals surface area contributed by atoms with Crippen molar-refractivity contribution in [2.75, 3.05) is 6.61 Å². The molecule has 0 amide bonds. The van der Waals surface area contributed by atoms with E-state index in [0.29, 0.717) is 27.1 Å². The first-order valence-corrected chi connectivity index (χ1v) is 9.86. The van der Waals surface area contributed by atoms with E-state index < -0.39 is 18.0 Å². The van der Waals surface area contributed by atoms with Crippen LogP contribution >= 0.6 is 11.3 Å². The second-order valence-corrected chi connectivity index (χ2v) is 8.02. The number of aryl methyl sites for hydroxylation is 1. The molecular formula is C19H26N2O5S. The molecule has 2 aromatic rings. The van der Waals surface area contributed by atoms with E-state index in [4.69, 9.17) is 9.47 Å². The van der Waals surface area contributed by atoms with E-state index in [1.165, 1.54) is 10.9 Å². The molecule has 2 rings (SSSR count). The smallest absolute Gasteiger partial charge is 0.348 e. The number of nitrogens with zero attached hydrogens (tertiary/aromatic N) is 2. The molecule has 27 heavy (non-hydrogen) atoms. The third kappa shape index (κ3) is 4.55. The average Bonchev–Trinajstić information content (AvgIpc) is 2.96. The maximum Gasteiger partial charge on any atom is 0.348 e. The van der Waals surface area contributed by atoms with Crippen molar-refractivity contribution in [2.24, 2.45) is 5.92 Å². The van der Waals surface area contributed by atoms with Crippen molar-refractivity contribution in [1.29, 1.82) is 0 Å². The third-order valence-corrected chi connectivity index (χ3v) is 5.44. The Morgan fingerprint density at radius 2 is 1.93 bits per heavy atom. The summed E-state index contributed by atoms with van der Waals surface area (Å²) < 4.78 is 11.8. The fraction of sp³-hybridized carbons (Fsp3) is 0.579. The van der Waals surface area contributed by atoms with Crippen molar-refractivity contribution >= 4 is 33.5 Å². The molecule has 0 spiro atoms. The zero-order valence-electron chi connectivity index (χ0n) is 16.6. The lowest BCUT2D eigenvalue weighted by Gasteiger charge is -2.15. The number of fused-ring (bicyclic) bond motifs is 1. The Bertz CT molecular complexity index is 899. The lowest BCUT2D eigenvalue weighted by molar-refractivity contribution is -0.148. The predicted molar refractivity (Wildman–Crippen MR) is 104 cm³/mol. The Morgan fingerprint density at radius 3 is 2.52 bits per heavy atom. The molecule has 0 aromatic carbocycles. The first-order chi connectivity index (χ1) is 12.7. The molecule has 0 bridgehead atoms. The topological polar surface area (TPSA) is 87.5 Å². The summed E-state index contributed by atoms with van der Waals surface area (Å²) in [6, 6.07) is -0.803. The normalized spacial score (nSPS) is 13.6. The van der Waals surface area contributed by atoms with Crippen LogP contribution in [0.15, 0.2) is 11.1 Å². The Morgan fingerprint density at radius 1 is 1.26 bits per heavy atom. The summed E-state index contributed by atoms with van der Waals surface area (Å²) in [5, 5.41) is 0.335. The predicted octanol–water partition coefficient (Wildman–Crippen LogP) is 3.48. The molecule has 0 saturated carbocycles. The van der Waals surface area contributed by atoms with Crippen LogP contribution in [0.1, 0.15) is 62.3 Å². The van der Waals surface area contributed by atoms with Gasteiger partial charge in [0.25, 0.3) is 5.56 Å².